The maximum Gasteiger partial charge on any atom is 0.242 e. The highest BCUT2D eigenvalue weighted by atomic mass is 35.5. The van der Waals surface area contributed by atoms with E-state index in [-0.39, 0.29) is 22.0 Å². The van der Waals surface area contributed by atoms with Crippen LogP contribution < -0.4 is 14.8 Å². The van der Waals surface area contributed by atoms with E-state index in [1.54, 1.807) is 31.2 Å². The number of aryl methyl sites for hydroxylation is 1. The molecule has 32 heavy (non-hydrogen) atoms. The van der Waals surface area contributed by atoms with Crippen LogP contribution >= 0.6 is 11.6 Å². The maximum absolute atomic E-state index is 13.7. The molecule has 3 aromatic carbocycles. The van der Waals surface area contributed by atoms with Crippen LogP contribution in [-0.2, 0) is 21.2 Å². The zero-order valence-corrected chi connectivity index (χ0v) is 19.0. The van der Waals surface area contributed by atoms with E-state index >= 15 is 0 Å². The Bertz CT molecular complexity index is 1220. The number of carbonyl (C=O) groups excluding carboxylic acids is 1. The van der Waals surface area contributed by atoms with E-state index in [2.05, 4.69) is 10.0 Å². The van der Waals surface area contributed by atoms with Crippen molar-refractivity contribution < 1.29 is 22.3 Å². The van der Waals surface area contributed by atoms with Crippen molar-refractivity contribution in [2.45, 2.75) is 24.3 Å². The minimum atomic E-state index is -4.11. The van der Waals surface area contributed by atoms with E-state index in [0.717, 1.165) is 5.56 Å². The zero-order valence-electron chi connectivity index (χ0n) is 17.4. The van der Waals surface area contributed by atoms with E-state index in [1.807, 2.05) is 6.07 Å². The number of hydrogen-bond acceptors (Lipinski definition) is 4. The number of carbonyl (C=O) groups is 1. The van der Waals surface area contributed by atoms with Gasteiger partial charge in [0.2, 0.25) is 15.9 Å². The highest BCUT2D eigenvalue weighted by Crippen LogP contribution is 2.27. The molecule has 0 aliphatic heterocycles. The van der Waals surface area contributed by atoms with Gasteiger partial charge in [0.1, 0.15) is 17.6 Å². The molecule has 2 N–H and O–H groups in total. The Kier molecular flexibility index (Phi) is 7.50. The van der Waals surface area contributed by atoms with Crippen LogP contribution in [0.3, 0.4) is 0 Å². The average Bonchev–Trinajstić information content (AvgIpc) is 2.76. The maximum atomic E-state index is 13.7. The lowest BCUT2D eigenvalue weighted by Crippen LogP contribution is -2.45. The van der Waals surface area contributed by atoms with Crippen molar-refractivity contribution >= 4 is 33.2 Å². The number of hydrogen-bond donors (Lipinski definition) is 2. The van der Waals surface area contributed by atoms with Gasteiger partial charge in [0.05, 0.1) is 17.0 Å². The summed E-state index contributed by atoms with van der Waals surface area (Å²) in [5.74, 6) is -0.810. The van der Waals surface area contributed by atoms with Gasteiger partial charge in [-0.2, -0.15) is 4.72 Å². The lowest BCUT2D eigenvalue weighted by Gasteiger charge is -2.20. The first-order chi connectivity index (χ1) is 15.2. The third kappa shape index (κ3) is 5.85. The van der Waals surface area contributed by atoms with Crippen molar-refractivity contribution in [1.29, 1.82) is 0 Å². The molecule has 3 aromatic rings. The molecule has 168 valence electrons. The van der Waals surface area contributed by atoms with Crippen molar-refractivity contribution in [3.63, 3.8) is 0 Å². The first-order valence-corrected chi connectivity index (χ1v) is 11.5. The SMILES string of the molecule is COc1ccc(S(=O)(=O)NC(Cc2ccccc2)C(=O)Nc2cc(F)ccc2C)cc1Cl. The standard InChI is InChI=1S/C23H22ClFN2O4S/c1-15-8-9-17(25)13-20(15)26-23(28)21(12-16-6-4-3-5-7-16)27-32(29,30)18-10-11-22(31-2)19(24)14-18/h3-11,13-14,21,27H,12H2,1-2H3,(H,26,28). The van der Waals surface area contributed by atoms with Crippen LogP contribution in [0.4, 0.5) is 10.1 Å². The molecule has 1 unspecified atom stereocenters. The molecule has 6 nitrogen and oxygen atoms in total. The number of ether oxygens (including phenoxy) is 1. The van der Waals surface area contributed by atoms with E-state index < -0.39 is 27.8 Å². The molecule has 0 fully saturated rings. The van der Waals surface area contributed by atoms with E-state index in [9.17, 15) is 17.6 Å². The van der Waals surface area contributed by atoms with E-state index in [4.69, 9.17) is 16.3 Å². The Labute approximate surface area is 191 Å². The van der Waals surface area contributed by atoms with Crippen LogP contribution in [0.1, 0.15) is 11.1 Å². The van der Waals surface area contributed by atoms with Gasteiger partial charge in [-0.05, 0) is 54.8 Å². The summed E-state index contributed by atoms with van der Waals surface area (Å²) in [6.07, 6.45) is 0.0875. The molecule has 1 amide bonds. The molecule has 0 bridgehead atoms. The molecule has 3 rings (SSSR count). The predicted molar refractivity (Wildman–Crippen MR) is 122 cm³/mol. The number of sulfonamides is 1. The minimum Gasteiger partial charge on any atom is -0.495 e. The number of anilines is 1. The lowest BCUT2D eigenvalue weighted by atomic mass is 10.1. The van der Waals surface area contributed by atoms with Crippen molar-refractivity contribution in [3.8, 4) is 5.75 Å². The molecule has 0 heterocycles. The summed E-state index contributed by atoms with van der Waals surface area (Å²) < 4.78 is 47.2. The molecule has 0 spiro atoms. The van der Waals surface area contributed by atoms with Gasteiger partial charge in [0.15, 0.2) is 0 Å². The van der Waals surface area contributed by atoms with Crippen molar-refractivity contribution in [2.24, 2.45) is 0 Å². The van der Waals surface area contributed by atoms with Crippen LogP contribution in [0.2, 0.25) is 5.02 Å². The second-order valence-corrected chi connectivity index (χ2v) is 9.23. The minimum absolute atomic E-state index is 0.0875. The zero-order chi connectivity index (χ0) is 23.3. The van der Waals surface area contributed by atoms with Crippen LogP contribution in [-0.4, -0.2) is 27.5 Å². The van der Waals surface area contributed by atoms with Crippen LogP contribution in [0.15, 0.2) is 71.6 Å². The number of halogens is 2. The fourth-order valence-electron chi connectivity index (χ4n) is 3.06. The first kappa shape index (κ1) is 23.7. The summed E-state index contributed by atoms with van der Waals surface area (Å²) in [5.41, 5.74) is 1.65. The predicted octanol–water partition coefficient (Wildman–Crippen LogP) is 4.32. The number of methoxy groups -OCH3 is 1. The second kappa shape index (κ2) is 10.1. The van der Waals surface area contributed by atoms with Gasteiger partial charge in [-0.15, -0.1) is 0 Å². The fraction of sp³-hybridized carbons (Fsp3) is 0.174. The summed E-state index contributed by atoms with van der Waals surface area (Å²) in [6.45, 7) is 1.71. The Morgan fingerprint density at radius 1 is 1.09 bits per heavy atom. The van der Waals surface area contributed by atoms with Crippen LogP contribution in [0.25, 0.3) is 0 Å². The van der Waals surface area contributed by atoms with Gasteiger partial charge >= 0.3 is 0 Å². The van der Waals surface area contributed by atoms with Crippen LogP contribution in [0, 0.1) is 12.7 Å². The van der Waals surface area contributed by atoms with Gasteiger partial charge in [0, 0.05) is 5.69 Å². The van der Waals surface area contributed by atoms with Gasteiger partial charge < -0.3 is 10.1 Å². The Hall–Kier alpha value is -2.94. The molecular formula is C23H22ClFN2O4S. The smallest absolute Gasteiger partial charge is 0.242 e. The van der Waals surface area contributed by atoms with Crippen molar-refractivity contribution in [3.05, 3.63) is 88.7 Å². The van der Waals surface area contributed by atoms with Gasteiger partial charge in [0.25, 0.3) is 0 Å². The number of rotatable bonds is 8. The molecule has 1 atom stereocenters. The molecular weight excluding hydrogens is 455 g/mol. The normalized spacial score (nSPS) is 12.2. The Morgan fingerprint density at radius 2 is 1.81 bits per heavy atom. The monoisotopic (exact) mass is 476 g/mol. The Balaban J connectivity index is 1.90. The second-order valence-electron chi connectivity index (χ2n) is 7.11. The third-order valence-electron chi connectivity index (χ3n) is 4.79. The van der Waals surface area contributed by atoms with Gasteiger partial charge in [-0.3, -0.25) is 4.79 Å². The summed E-state index contributed by atoms with van der Waals surface area (Å²) >= 11 is 6.07. The van der Waals surface area contributed by atoms with E-state index in [0.29, 0.717) is 11.3 Å². The van der Waals surface area contributed by atoms with Crippen molar-refractivity contribution in [2.75, 3.05) is 12.4 Å². The quantitative estimate of drug-likeness (QED) is 0.507. The largest absolute Gasteiger partial charge is 0.495 e. The third-order valence-corrected chi connectivity index (χ3v) is 6.55. The van der Waals surface area contributed by atoms with Gasteiger partial charge in [-0.1, -0.05) is 48.0 Å². The molecule has 9 heteroatoms. The first-order valence-electron chi connectivity index (χ1n) is 9.66. The molecule has 0 radical (unpaired) electrons. The summed E-state index contributed by atoms with van der Waals surface area (Å²) in [4.78, 5) is 12.9. The summed E-state index contributed by atoms with van der Waals surface area (Å²) in [6, 6.07) is 15.8. The average molecular weight is 477 g/mol. The molecule has 0 aliphatic carbocycles. The highest BCUT2D eigenvalue weighted by Gasteiger charge is 2.27. The molecule has 0 aromatic heterocycles. The summed E-state index contributed by atoms with van der Waals surface area (Å²) in [7, 11) is -2.69. The Morgan fingerprint density at radius 3 is 2.47 bits per heavy atom. The fourth-order valence-corrected chi connectivity index (χ4v) is 4.60. The number of nitrogens with one attached hydrogen (secondary N) is 2. The molecule has 0 saturated heterocycles. The highest BCUT2D eigenvalue weighted by molar-refractivity contribution is 7.89. The molecule has 0 aliphatic rings. The number of benzene rings is 3. The van der Waals surface area contributed by atoms with E-state index in [1.165, 1.54) is 43.5 Å². The summed E-state index contributed by atoms with van der Waals surface area (Å²) in [5, 5.41) is 2.74. The lowest BCUT2D eigenvalue weighted by molar-refractivity contribution is -0.117. The van der Waals surface area contributed by atoms with Crippen LogP contribution in [0.5, 0.6) is 5.75 Å². The van der Waals surface area contributed by atoms with Crippen molar-refractivity contribution in [1.82, 2.24) is 4.72 Å². The van der Waals surface area contributed by atoms with Gasteiger partial charge in [-0.25, -0.2) is 12.8 Å². The molecule has 0 saturated carbocycles. The topological polar surface area (TPSA) is 84.5 Å². The number of amides is 1.